The van der Waals surface area contributed by atoms with Crippen molar-refractivity contribution in [3.63, 3.8) is 0 Å². The van der Waals surface area contributed by atoms with Crippen LogP contribution in [0.4, 0.5) is 11.8 Å². The van der Waals surface area contributed by atoms with Crippen LogP contribution in [0.15, 0.2) is 10.9 Å². The highest BCUT2D eigenvalue weighted by Gasteiger charge is 2.27. The van der Waals surface area contributed by atoms with Crippen molar-refractivity contribution in [3.8, 4) is 0 Å². The molecule has 2 aliphatic heterocycles. The summed E-state index contributed by atoms with van der Waals surface area (Å²) in [4.78, 5) is 33.0. The molecular formula is C18H23ClN6O2. The molecule has 4 rings (SSSR count). The van der Waals surface area contributed by atoms with E-state index < -0.39 is 0 Å². The predicted molar refractivity (Wildman–Crippen MR) is 104 cm³/mol. The maximum atomic E-state index is 12.6. The summed E-state index contributed by atoms with van der Waals surface area (Å²) in [5.74, 6) is 1.37. The summed E-state index contributed by atoms with van der Waals surface area (Å²) >= 11 is 6.01. The minimum Gasteiger partial charge on any atom is -0.372 e. The molecule has 1 fully saturated rings. The van der Waals surface area contributed by atoms with Crippen LogP contribution in [0.25, 0.3) is 0 Å². The number of aromatic nitrogens is 4. The summed E-state index contributed by atoms with van der Waals surface area (Å²) in [7, 11) is 0. The Morgan fingerprint density at radius 3 is 2.63 bits per heavy atom. The Morgan fingerprint density at radius 1 is 1.19 bits per heavy atom. The Labute approximate surface area is 162 Å². The molecule has 0 bridgehead atoms. The molecule has 8 nitrogen and oxygen atoms in total. The summed E-state index contributed by atoms with van der Waals surface area (Å²) < 4.78 is 5.78. The molecule has 0 aliphatic carbocycles. The molecule has 1 saturated heterocycles. The zero-order valence-electron chi connectivity index (χ0n) is 15.7. The van der Waals surface area contributed by atoms with Crippen LogP contribution in [0, 0.1) is 6.92 Å². The van der Waals surface area contributed by atoms with E-state index in [0.29, 0.717) is 38.5 Å². The van der Waals surface area contributed by atoms with Gasteiger partial charge in [-0.25, -0.2) is 15.0 Å². The van der Waals surface area contributed by atoms with E-state index in [-0.39, 0.29) is 23.1 Å². The van der Waals surface area contributed by atoms with Crippen molar-refractivity contribution in [2.75, 3.05) is 29.4 Å². The number of morpholine rings is 1. The summed E-state index contributed by atoms with van der Waals surface area (Å²) in [6, 6.07) is 1.90. The number of H-pyrrole nitrogens is 1. The van der Waals surface area contributed by atoms with Crippen LogP contribution in [0.2, 0.25) is 5.28 Å². The van der Waals surface area contributed by atoms with E-state index in [0.717, 1.165) is 22.8 Å². The third kappa shape index (κ3) is 3.77. The molecule has 0 radical (unpaired) electrons. The smallest absolute Gasteiger partial charge is 0.255 e. The van der Waals surface area contributed by atoms with Gasteiger partial charge in [-0.1, -0.05) is 0 Å². The van der Waals surface area contributed by atoms with Gasteiger partial charge in [0.15, 0.2) is 0 Å². The lowest BCUT2D eigenvalue weighted by Crippen LogP contribution is -2.47. The number of anilines is 2. The van der Waals surface area contributed by atoms with Crippen LogP contribution >= 0.6 is 11.6 Å². The second-order valence-electron chi connectivity index (χ2n) is 7.29. The van der Waals surface area contributed by atoms with Crippen LogP contribution in [-0.2, 0) is 17.7 Å². The largest absolute Gasteiger partial charge is 0.372 e. The summed E-state index contributed by atoms with van der Waals surface area (Å²) in [6.07, 6.45) is 0.810. The van der Waals surface area contributed by atoms with Gasteiger partial charge in [0.05, 0.1) is 24.4 Å². The van der Waals surface area contributed by atoms with E-state index in [1.54, 1.807) is 0 Å². The lowest BCUT2D eigenvalue weighted by Gasteiger charge is -2.36. The van der Waals surface area contributed by atoms with Crippen molar-refractivity contribution in [2.45, 2.75) is 45.9 Å². The number of nitrogens with zero attached hydrogens (tertiary/aromatic N) is 5. The summed E-state index contributed by atoms with van der Waals surface area (Å²) in [5.41, 5.74) is 2.30. The Hall–Kier alpha value is -2.19. The SMILES string of the molecule is Cc1cc(N2CCc3c(nc(N4C[C@@H](C)O[C@@H](C)C4)[nH]c3=O)C2)nc(Cl)n1. The first-order chi connectivity index (χ1) is 12.9. The molecule has 4 heterocycles. The highest BCUT2D eigenvalue weighted by Crippen LogP contribution is 2.23. The number of ether oxygens (including phenoxy) is 1. The van der Waals surface area contributed by atoms with Gasteiger partial charge in [0, 0.05) is 37.0 Å². The highest BCUT2D eigenvalue weighted by atomic mass is 35.5. The molecule has 9 heteroatoms. The highest BCUT2D eigenvalue weighted by molar-refractivity contribution is 6.28. The molecule has 2 aromatic rings. The molecule has 0 unspecified atom stereocenters. The van der Waals surface area contributed by atoms with Gasteiger partial charge in [-0.2, -0.15) is 0 Å². The van der Waals surface area contributed by atoms with E-state index in [1.807, 2.05) is 26.8 Å². The molecule has 0 spiro atoms. The zero-order valence-corrected chi connectivity index (χ0v) is 16.5. The quantitative estimate of drug-likeness (QED) is 0.781. The molecule has 2 atom stereocenters. The lowest BCUT2D eigenvalue weighted by molar-refractivity contribution is -0.00575. The maximum Gasteiger partial charge on any atom is 0.255 e. The van der Waals surface area contributed by atoms with Crippen molar-refractivity contribution in [3.05, 3.63) is 38.7 Å². The van der Waals surface area contributed by atoms with Gasteiger partial charge in [0.1, 0.15) is 5.82 Å². The average molecular weight is 391 g/mol. The van der Waals surface area contributed by atoms with Crippen LogP contribution in [0.1, 0.15) is 30.8 Å². The first-order valence-electron chi connectivity index (χ1n) is 9.17. The Bertz CT molecular complexity index is 887. The number of fused-ring (bicyclic) bond motifs is 1. The van der Waals surface area contributed by atoms with E-state index in [9.17, 15) is 4.79 Å². The molecule has 0 saturated carbocycles. The second kappa shape index (κ2) is 7.09. The molecular weight excluding hydrogens is 368 g/mol. The maximum absolute atomic E-state index is 12.6. The molecule has 1 N–H and O–H groups in total. The fraction of sp³-hybridized carbons (Fsp3) is 0.556. The summed E-state index contributed by atoms with van der Waals surface area (Å²) in [6.45, 7) is 8.57. The summed E-state index contributed by atoms with van der Waals surface area (Å²) in [5, 5.41) is 0.228. The van der Waals surface area contributed by atoms with Gasteiger partial charge in [0.25, 0.3) is 5.56 Å². The average Bonchev–Trinajstić information content (AvgIpc) is 2.59. The minimum absolute atomic E-state index is 0.0571. The minimum atomic E-state index is -0.0571. The van der Waals surface area contributed by atoms with Crippen molar-refractivity contribution >= 4 is 23.4 Å². The number of rotatable bonds is 2. The van der Waals surface area contributed by atoms with Crippen LogP contribution < -0.4 is 15.4 Å². The monoisotopic (exact) mass is 390 g/mol. The first-order valence-corrected chi connectivity index (χ1v) is 9.55. The van der Waals surface area contributed by atoms with Crippen molar-refractivity contribution < 1.29 is 4.74 Å². The fourth-order valence-corrected chi connectivity index (χ4v) is 4.02. The number of hydrogen-bond acceptors (Lipinski definition) is 7. The van der Waals surface area contributed by atoms with Gasteiger partial charge in [-0.05, 0) is 38.8 Å². The number of aryl methyl sites for hydroxylation is 1. The van der Waals surface area contributed by atoms with Gasteiger partial charge in [0.2, 0.25) is 11.2 Å². The third-order valence-corrected chi connectivity index (χ3v) is 5.09. The van der Waals surface area contributed by atoms with Crippen molar-refractivity contribution in [1.29, 1.82) is 0 Å². The molecule has 27 heavy (non-hydrogen) atoms. The van der Waals surface area contributed by atoms with Crippen LogP contribution in [0.5, 0.6) is 0 Å². The number of halogens is 1. The van der Waals surface area contributed by atoms with Gasteiger partial charge < -0.3 is 14.5 Å². The zero-order chi connectivity index (χ0) is 19.1. The second-order valence-corrected chi connectivity index (χ2v) is 7.62. The van der Waals surface area contributed by atoms with E-state index in [4.69, 9.17) is 21.3 Å². The van der Waals surface area contributed by atoms with E-state index >= 15 is 0 Å². The van der Waals surface area contributed by atoms with Gasteiger partial charge >= 0.3 is 0 Å². The van der Waals surface area contributed by atoms with E-state index in [1.165, 1.54) is 0 Å². The topological polar surface area (TPSA) is 87.2 Å². The fourth-order valence-electron chi connectivity index (χ4n) is 3.80. The number of aromatic amines is 1. The number of hydrogen-bond donors (Lipinski definition) is 1. The van der Waals surface area contributed by atoms with Crippen molar-refractivity contribution in [2.24, 2.45) is 0 Å². The van der Waals surface area contributed by atoms with Crippen LogP contribution in [0.3, 0.4) is 0 Å². The first kappa shape index (κ1) is 18.2. The molecule has 0 aromatic carbocycles. The lowest BCUT2D eigenvalue weighted by atomic mass is 10.1. The van der Waals surface area contributed by atoms with Gasteiger partial charge in [-0.15, -0.1) is 0 Å². The Kier molecular flexibility index (Phi) is 4.77. The predicted octanol–water partition coefficient (Wildman–Crippen LogP) is 1.70. The molecule has 0 amide bonds. The Balaban J connectivity index is 1.64. The molecule has 2 aliphatic rings. The third-order valence-electron chi connectivity index (χ3n) is 4.92. The number of nitrogens with one attached hydrogen (secondary N) is 1. The molecule has 144 valence electrons. The molecule has 2 aromatic heterocycles. The Morgan fingerprint density at radius 2 is 1.93 bits per heavy atom. The standard InChI is InChI=1S/C18H23ClN6O2/c1-10-6-15(22-17(19)20-10)24-5-4-13-14(9-24)21-18(23-16(13)26)25-7-11(2)27-12(3)8-25/h6,11-12H,4-5,7-9H2,1-3H3,(H,21,23,26)/t11-,12+. The van der Waals surface area contributed by atoms with Gasteiger partial charge in [-0.3, -0.25) is 9.78 Å². The van der Waals surface area contributed by atoms with Crippen LogP contribution in [-0.4, -0.2) is 51.8 Å². The normalized spacial score (nSPS) is 22.7. The van der Waals surface area contributed by atoms with E-state index in [2.05, 4.69) is 24.8 Å². The van der Waals surface area contributed by atoms with Crippen molar-refractivity contribution in [1.82, 2.24) is 19.9 Å².